The molecule has 2 bridgehead atoms. The number of urea groups is 1. The molecule has 2 heterocycles. The number of likely N-dealkylation sites (tertiary alicyclic amines) is 1. The molecule has 0 saturated carbocycles. The predicted octanol–water partition coefficient (Wildman–Crippen LogP) is 0.947. The van der Waals surface area contributed by atoms with E-state index in [1.165, 1.54) is 0 Å². The average molecular weight is 290 g/mol. The summed E-state index contributed by atoms with van der Waals surface area (Å²) in [6, 6.07) is 7.16. The van der Waals surface area contributed by atoms with Gasteiger partial charge in [-0.3, -0.25) is 0 Å². The SMILES string of the molecule is COc1ccc(CCNC(=O)N2C[C@H]3C[C@H]2C(=O)O3)cc1. The van der Waals surface area contributed by atoms with Crippen LogP contribution in [0.1, 0.15) is 12.0 Å². The molecule has 112 valence electrons. The molecule has 2 atom stereocenters. The summed E-state index contributed by atoms with van der Waals surface area (Å²) >= 11 is 0. The lowest BCUT2D eigenvalue weighted by atomic mass is 10.1. The fourth-order valence-electron chi connectivity index (χ4n) is 2.78. The molecule has 0 spiro atoms. The maximum atomic E-state index is 12.1. The zero-order valence-corrected chi connectivity index (χ0v) is 11.9. The van der Waals surface area contributed by atoms with Gasteiger partial charge in [0, 0.05) is 13.0 Å². The Bertz CT molecular complexity index is 543. The Hall–Kier alpha value is -2.24. The van der Waals surface area contributed by atoms with Crippen LogP contribution in [0.5, 0.6) is 5.75 Å². The van der Waals surface area contributed by atoms with E-state index in [0.29, 0.717) is 19.5 Å². The third-order valence-corrected chi connectivity index (χ3v) is 3.93. The Morgan fingerprint density at radius 1 is 1.43 bits per heavy atom. The smallest absolute Gasteiger partial charge is 0.329 e. The van der Waals surface area contributed by atoms with Gasteiger partial charge in [0.2, 0.25) is 0 Å². The lowest BCUT2D eigenvalue weighted by Gasteiger charge is -2.25. The summed E-state index contributed by atoms with van der Waals surface area (Å²) in [5, 5.41) is 2.86. The van der Waals surface area contributed by atoms with Crippen LogP contribution in [-0.2, 0) is 16.0 Å². The van der Waals surface area contributed by atoms with Crippen molar-refractivity contribution < 1.29 is 19.1 Å². The molecule has 0 aromatic heterocycles. The number of amides is 2. The molecule has 0 unspecified atom stereocenters. The van der Waals surface area contributed by atoms with Crippen molar-refractivity contribution in [3.8, 4) is 5.75 Å². The molecule has 1 aromatic carbocycles. The number of carbonyl (C=O) groups excluding carboxylic acids is 2. The van der Waals surface area contributed by atoms with Crippen LogP contribution in [0.15, 0.2) is 24.3 Å². The van der Waals surface area contributed by atoms with E-state index in [1.807, 2.05) is 24.3 Å². The summed E-state index contributed by atoms with van der Waals surface area (Å²) in [4.78, 5) is 25.1. The quantitative estimate of drug-likeness (QED) is 0.838. The lowest BCUT2D eigenvalue weighted by Crippen LogP contribution is -2.49. The first kappa shape index (κ1) is 13.7. The zero-order valence-electron chi connectivity index (χ0n) is 11.9. The first-order chi connectivity index (χ1) is 10.2. The Kier molecular flexibility index (Phi) is 3.68. The number of ether oxygens (including phenoxy) is 2. The molecular formula is C15H18N2O4. The molecule has 1 aromatic rings. The minimum atomic E-state index is -0.393. The van der Waals surface area contributed by atoms with Crippen molar-refractivity contribution in [2.75, 3.05) is 20.2 Å². The van der Waals surface area contributed by atoms with Gasteiger partial charge in [-0.25, -0.2) is 9.59 Å². The molecule has 21 heavy (non-hydrogen) atoms. The molecular weight excluding hydrogens is 272 g/mol. The topological polar surface area (TPSA) is 67.9 Å². The second-order valence-corrected chi connectivity index (χ2v) is 5.29. The number of fused-ring (bicyclic) bond motifs is 2. The maximum Gasteiger partial charge on any atom is 0.329 e. The first-order valence-electron chi connectivity index (χ1n) is 7.05. The second kappa shape index (κ2) is 5.63. The van der Waals surface area contributed by atoms with Crippen molar-refractivity contribution in [3.63, 3.8) is 0 Å². The highest BCUT2D eigenvalue weighted by Gasteiger charge is 2.48. The van der Waals surface area contributed by atoms with Crippen LogP contribution in [0.3, 0.4) is 0 Å². The van der Waals surface area contributed by atoms with Gasteiger partial charge >= 0.3 is 12.0 Å². The number of morpholine rings is 1. The van der Waals surface area contributed by atoms with Gasteiger partial charge in [0.1, 0.15) is 17.9 Å². The summed E-state index contributed by atoms with van der Waals surface area (Å²) in [6.45, 7) is 1.04. The van der Waals surface area contributed by atoms with E-state index in [-0.39, 0.29) is 18.1 Å². The van der Waals surface area contributed by atoms with E-state index in [2.05, 4.69) is 5.32 Å². The molecule has 2 fully saturated rings. The van der Waals surface area contributed by atoms with Crippen molar-refractivity contribution in [2.24, 2.45) is 0 Å². The predicted molar refractivity (Wildman–Crippen MR) is 75.1 cm³/mol. The Balaban J connectivity index is 1.47. The van der Waals surface area contributed by atoms with E-state index in [1.54, 1.807) is 12.0 Å². The summed E-state index contributed by atoms with van der Waals surface area (Å²) < 4.78 is 10.2. The molecule has 3 rings (SSSR count). The van der Waals surface area contributed by atoms with E-state index in [9.17, 15) is 9.59 Å². The van der Waals surface area contributed by atoms with Gasteiger partial charge in [0.15, 0.2) is 0 Å². The van der Waals surface area contributed by atoms with Crippen LogP contribution in [-0.4, -0.2) is 49.2 Å². The largest absolute Gasteiger partial charge is 0.497 e. The third kappa shape index (κ3) is 2.79. The Morgan fingerprint density at radius 2 is 2.19 bits per heavy atom. The van der Waals surface area contributed by atoms with Crippen LogP contribution >= 0.6 is 0 Å². The van der Waals surface area contributed by atoms with Crippen LogP contribution in [0.25, 0.3) is 0 Å². The van der Waals surface area contributed by atoms with Crippen molar-refractivity contribution in [2.45, 2.75) is 25.0 Å². The van der Waals surface area contributed by atoms with Gasteiger partial charge in [0.05, 0.1) is 13.7 Å². The van der Waals surface area contributed by atoms with Crippen molar-refractivity contribution in [1.29, 1.82) is 0 Å². The molecule has 2 aliphatic rings. The lowest BCUT2D eigenvalue weighted by molar-refractivity contribution is -0.149. The number of benzene rings is 1. The number of nitrogens with zero attached hydrogens (tertiary/aromatic N) is 1. The van der Waals surface area contributed by atoms with Gasteiger partial charge in [-0.15, -0.1) is 0 Å². The molecule has 1 N–H and O–H groups in total. The number of rotatable bonds is 4. The second-order valence-electron chi connectivity index (χ2n) is 5.29. The number of methoxy groups -OCH3 is 1. The van der Waals surface area contributed by atoms with Crippen LogP contribution in [0, 0.1) is 0 Å². The number of nitrogens with one attached hydrogen (secondary N) is 1. The van der Waals surface area contributed by atoms with E-state index in [0.717, 1.165) is 17.7 Å². The third-order valence-electron chi connectivity index (χ3n) is 3.93. The first-order valence-corrected chi connectivity index (χ1v) is 7.05. The fraction of sp³-hybridized carbons (Fsp3) is 0.467. The monoisotopic (exact) mass is 290 g/mol. The molecule has 6 heteroatoms. The molecule has 0 radical (unpaired) electrons. The average Bonchev–Trinajstić information content (AvgIpc) is 3.07. The summed E-state index contributed by atoms with van der Waals surface area (Å²) in [5.74, 6) is 0.533. The van der Waals surface area contributed by atoms with Gasteiger partial charge in [-0.05, 0) is 24.1 Å². The highest BCUT2D eigenvalue weighted by atomic mass is 16.6. The van der Waals surface area contributed by atoms with Crippen molar-refractivity contribution in [1.82, 2.24) is 10.2 Å². The van der Waals surface area contributed by atoms with E-state index >= 15 is 0 Å². The minimum Gasteiger partial charge on any atom is -0.497 e. The van der Waals surface area contributed by atoms with Crippen LogP contribution in [0.4, 0.5) is 4.79 Å². The molecule has 2 amide bonds. The number of hydrogen-bond acceptors (Lipinski definition) is 4. The molecule has 0 aliphatic carbocycles. The summed E-state index contributed by atoms with van der Waals surface area (Å²) in [5.41, 5.74) is 1.12. The van der Waals surface area contributed by atoms with Gasteiger partial charge in [-0.1, -0.05) is 12.1 Å². The molecule has 2 saturated heterocycles. The minimum absolute atomic E-state index is 0.116. The highest BCUT2D eigenvalue weighted by molar-refractivity contribution is 5.86. The van der Waals surface area contributed by atoms with Gasteiger partial charge in [0.25, 0.3) is 0 Å². The highest BCUT2D eigenvalue weighted by Crippen LogP contribution is 2.28. The number of carbonyl (C=O) groups is 2. The number of hydrogen-bond donors (Lipinski definition) is 1. The van der Waals surface area contributed by atoms with E-state index < -0.39 is 6.04 Å². The Morgan fingerprint density at radius 3 is 2.81 bits per heavy atom. The number of esters is 1. The van der Waals surface area contributed by atoms with Crippen LogP contribution < -0.4 is 10.1 Å². The normalized spacial score (nSPS) is 23.1. The van der Waals surface area contributed by atoms with Crippen molar-refractivity contribution in [3.05, 3.63) is 29.8 Å². The van der Waals surface area contributed by atoms with Gasteiger partial charge < -0.3 is 19.7 Å². The van der Waals surface area contributed by atoms with Crippen molar-refractivity contribution >= 4 is 12.0 Å². The summed E-state index contributed by atoms with van der Waals surface area (Å²) in [7, 11) is 1.63. The van der Waals surface area contributed by atoms with E-state index in [4.69, 9.17) is 9.47 Å². The molecule has 2 aliphatic heterocycles. The Labute approximate surface area is 123 Å². The fourth-order valence-corrected chi connectivity index (χ4v) is 2.78. The molecule has 6 nitrogen and oxygen atoms in total. The van der Waals surface area contributed by atoms with Crippen LogP contribution in [0.2, 0.25) is 0 Å². The zero-order chi connectivity index (χ0) is 14.8. The summed E-state index contributed by atoms with van der Waals surface area (Å²) in [6.07, 6.45) is 1.25. The van der Waals surface area contributed by atoms with Gasteiger partial charge in [-0.2, -0.15) is 0 Å². The maximum absolute atomic E-state index is 12.1. The standard InChI is InChI=1S/C15H18N2O4/c1-20-11-4-2-10(3-5-11)6-7-16-15(19)17-9-12-8-13(17)14(18)21-12/h2-5,12-13H,6-9H2,1H3,(H,16,19)/t12-,13+/m1/s1.